The molecule has 19 heavy (non-hydrogen) atoms. The van der Waals surface area contributed by atoms with Gasteiger partial charge >= 0.3 is 0 Å². The van der Waals surface area contributed by atoms with Gasteiger partial charge in [-0.15, -0.1) is 11.3 Å². The molecule has 0 fully saturated rings. The fourth-order valence-electron chi connectivity index (χ4n) is 1.55. The number of nitrogen functional groups attached to an aromatic ring is 1. The average molecular weight is 287 g/mol. The maximum absolute atomic E-state index is 11.6. The lowest BCUT2D eigenvalue weighted by atomic mass is 10.3. The standard InChI is InChI=1S/C12H21N3O3S/c1-4-18-7-5-6-15-12-9(17-3)8(13)10(19-12)11(16)14-2/h15H,4-7,13H2,1-3H3,(H,14,16). The zero-order chi connectivity index (χ0) is 14.3. The Kier molecular flexibility index (Phi) is 6.44. The molecular formula is C12H21N3O3S. The van der Waals surface area contributed by atoms with Gasteiger partial charge in [-0.2, -0.15) is 0 Å². The highest BCUT2D eigenvalue weighted by Gasteiger charge is 2.20. The lowest BCUT2D eigenvalue weighted by Gasteiger charge is -2.06. The minimum absolute atomic E-state index is 0.205. The maximum atomic E-state index is 11.6. The molecule has 108 valence electrons. The number of anilines is 2. The Hall–Kier alpha value is -1.47. The lowest BCUT2D eigenvalue weighted by molar-refractivity contribution is 0.0967. The largest absolute Gasteiger partial charge is 0.492 e. The van der Waals surface area contributed by atoms with Crippen LogP contribution < -0.4 is 21.1 Å². The lowest BCUT2D eigenvalue weighted by Crippen LogP contribution is -2.17. The summed E-state index contributed by atoms with van der Waals surface area (Å²) in [6, 6.07) is 0. The van der Waals surface area contributed by atoms with Gasteiger partial charge < -0.3 is 25.8 Å². The summed E-state index contributed by atoms with van der Waals surface area (Å²) >= 11 is 1.29. The molecule has 1 rings (SSSR count). The second-order valence-electron chi connectivity index (χ2n) is 3.76. The minimum atomic E-state index is -0.205. The van der Waals surface area contributed by atoms with Crippen molar-refractivity contribution in [1.82, 2.24) is 5.32 Å². The van der Waals surface area contributed by atoms with Crippen molar-refractivity contribution in [2.24, 2.45) is 0 Å². The molecular weight excluding hydrogens is 266 g/mol. The quantitative estimate of drug-likeness (QED) is 0.631. The van der Waals surface area contributed by atoms with Crippen LogP contribution in [0.4, 0.5) is 10.7 Å². The van der Waals surface area contributed by atoms with E-state index in [1.807, 2.05) is 6.92 Å². The van der Waals surface area contributed by atoms with Crippen LogP contribution in [0.3, 0.4) is 0 Å². The van der Waals surface area contributed by atoms with E-state index in [0.29, 0.717) is 22.9 Å². The van der Waals surface area contributed by atoms with E-state index < -0.39 is 0 Å². The summed E-state index contributed by atoms with van der Waals surface area (Å²) in [6.07, 6.45) is 0.879. The molecule has 4 N–H and O–H groups in total. The van der Waals surface area contributed by atoms with Crippen molar-refractivity contribution < 1.29 is 14.3 Å². The highest BCUT2D eigenvalue weighted by Crippen LogP contribution is 2.42. The number of thiophene rings is 1. The molecule has 7 heteroatoms. The monoisotopic (exact) mass is 287 g/mol. The topological polar surface area (TPSA) is 85.6 Å². The Morgan fingerprint density at radius 1 is 1.47 bits per heavy atom. The van der Waals surface area contributed by atoms with Crippen LogP contribution >= 0.6 is 11.3 Å². The third-order valence-electron chi connectivity index (χ3n) is 2.49. The molecule has 1 heterocycles. The number of hydrogen-bond acceptors (Lipinski definition) is 6. The zero-order valence-electron chi connectivity index (χ0n) is 11.5. The number of carbonyl (C=O) groups excluding carboxylic acids is 1. The van der Waals surface area contributed by atoms with Crippen LogP contribution in [0.1, 0.15) is 23.0 Å². The van der Waals surface area contributed by atoms with E-state index in [0.717, 1.165) is 24.6 Å². The highest BCUT2D eigenvalue weighted by atomic mass is 32.1. The second kappa shape index (κ2) is 7.85. The van der Waals surface area contributed by atoms with Crippen LogP contribution in [0, 0.1) is 0 Å². The Morgan fingerprint density at radius 2 is 2.21 bits per heavy atom. The first-order valence-corrected chi connectivity index (χ1v) is 6.97. The second-order valence-corrected chi connectivity index (χ2v) is 4.78. The summed E-state index contributed by atoms with van der Waals surface area (Å²) in [6.45, 7) is 4.13. The number of rotatable bonds is 8. The van der Waals surface area contributed by atoms with Crippen molar-refractivity contribution in [3.8, 4) is 5.75 Å². The van der Waals surface area contributed by atoms with Crippen LogP contribution in [0.15, 0.2) is 0 Å². The molecule has 0 aliphatic carbocycles. The summed E-state index contributed by atoms with van der Waals surface area (Å²) in [5.74, 6) is 0.322. The van der Waals surface area contributed by atoms with Gasteiger partial charge in [-0.25, -0.2) is 0 Å². The third kappa shape index (κ3) is 4.00. The molecule has 0 aliphatic heterocycles. The van der Waals surface area contributed by atoms with Crippen molar-refractivity contribution in [1.29, 1.82) is 0 Å². The number of ether oxygens (including phenoxy) is 2. The average Bonchev–Trinajstić information content (AvgIpc) is 2.74. The van der Waals surface area contributed by atoms with Crippen molar-refractivity contribution >= 4 is 27.9 Å². The molecule has 0 bridgehead atoms. The van der Waals surface area contributed by atoms with Crippen LogP contribution in [-0.4, -0.2) is 39.8 Å². The number of carbonyl (C=O) groups is 1. The molecule has 0 saturated heterocycles. The van der Waals surface area contributed by atoms with E-state index >= 15 is 0 Å². The summed E-state index contributed by atoms with van der Waals surface area (Å²) < 4.78 is 10.5. The van der Waals surface area contributed by atoms with E-state index in [1.165, 1.54) is 18.4 Å². The summed E-state index contributed by atoms with van der Waals surface area (Å²) in [5.41, 5.74) is 6.28. The van der Waals surface area contributed by atoms with Gasteiger partial charge in [0.1, 0.15) is 15.6 Å². The van der Waals surface area contributed by atoms with Gasteiger partial charge in [-0.05, 0) is 13.3 Å². The molecule has 0 atom stereocenters. The van der Waals surface area contributed by atoms with Gasteiger partial charge in [0.2, 0.25) is 0 Å². The Balaban J connectivity index is 2.69. The highest BCUT2D eigenvalue weighted by molar-refractivity contribution is 7.19. The van der Waals surface area contributed by atoms with Gasteiger partial charge in [0.05, 0.1) is 7.11 Å². The van der Waals surface area contributed by atoms with Gasteiger partial charge in [0.25, 0.3) is 5.91 Å². The van der Waals surface area contributed by atoms with Gasteiger partial charge in [0, 0.05) is 26.8 Å². The molecule has 0 radical (unpaired) electrons. The van der Waals surface area contributed by atoms with Crippen molar-refractivity contribution in [3.05, 3.63) is 4.88 Å². The van der Waals surface area contributed by atoms with E-state index in [9.17, 15) is 4.79 Å². The van der Waals surface area contributed by atoms with Gasteiger partial charge in [0.15, 0.2) is 5.75 Å². The Bertz CT molecular complexity index is 421. The van der Waals surface area contributed by atoms with Crippen LogP contribution in [0.5, 0.6) is 5.75 Å². The predicted octanol–water partition coefficient (Wildman–Crippen LogP) is 1.54. The molecule has 0 spiro atoms. The molecule has 0 aliphatic rings. The summed E-state index contributed by atoms with van der Waals surface area (Å²) in [7, 11) is 3.11. The smallest absolute Gasteiger partial charge is 0.263 e. The SMILES string of the molecule is CCOCCCNc1sc(C(=O)NC)c(N)c1OC. The first-order chi connectivity index (χ1) is 9.15. The fraction of sp³-hybridized carbons (Fsp3) is 0.583. The third-order valence-corrected chi connectivity index (χ3v) is 3.64. The summed E-state index contributed by atoms with van der Waals surface area (Å²) in [5, 5.41) is 6.55. The molecule has 6 nitrogen and oxygen atoms in total. The summed E-state index contributed by atoms with van der Waals surface area (Å²) in [4.78, 5) is 12.1. The van der Waals surface area contributed by atoms with E-state index in [4.69, 9.17) is 15.2 Å². The number of methoxy groups -OCH3 is 1. The fourth-order valence-corrected chi connectivity index (χ4v) is 2.61. The van der Waals surface area contributed by atoms with Crippen molar-refractivity contribution in [2.75, 3.05) is 45.0 Å². The molecule has 1 amide bonds. The molecule has 1 aromatic rings. The maximum Gasteiger partial charge on any atom is 0.263 e. The number of nitrogens with one attached hydrogen (secondary N) is 2. The van der Waals surface area contributed by atoms with E-state index in [-0.39, 0.29) is 5.91 Å². The van der Waals surface area contributed by atoms with Gasteiger partial charge in [-0.3, -0.25) is 4.79 Å². The van der Waals surface area contributed by atoms with Crippen molar-refractivity contribution in [3.63, 3.8) is 0 Å². The molecule has 0 unspecified atom stereocenters. The van der Waals surface area contributed by atoms with Crippen molar-refractivity contribution in [2.45, 2.75) is 13.3 Å². The molecule has 0 aromatic carbocycles. The van der Waals surface area contributed by atoms with E-state index in [1.54, 1.807) is 7.05 Å². The number of amides is 1. The van der Waals surface area contributed by atoms with Crippen LogP contribution in [-0.2, 0) is 4.74 Å². The Labute approximate surface area is 117 Å². The Morgan fingerprint density at radius 3 is 2.79 bits per heavy atom. The first kappa shape index (κ1) is 15.6. The van der Waals surface area contributed by atoms with Gasteiger partial charge in [-0.1, -0.05) is 0 Å². The molecule has 0 saturated carbocycles. The minimum Gasteiger partial charge on any atom is -0.492 e. The predicted molar refractivity (Wildman–Crippen MR) is 78.3 cm³/mol. The normalized spacial score (nSPS) is 10.3. The molecule has 1 aromatic heterocycles. The van der Waals surface area contributed by atoms with E-state index in [2.05, 4.69) is 10.6 Å². The zero-order valence-corrected chi connectivity index (χ0v) is 12.4. The van der Waals surface area contributed by atoms with Crippen LogP contribution in [0.25, 0.3) is 0 Å². The number of nitrogens with two attached hydrogens (primary N) is 1. The first-order valence-electron chi connectivity index (χ1n) is 6.15. The van der Waals surface area contributed by atoms with Crippen LogP contribution in [0.2, 0.25) is 0 Å². The number of hydrogen-bond donors (Lipinski definition) is 3.